The van der Waals surface area contributed by atoms with E-state index < -0.39 is 5.60 Å². The SMILES string of the molecule is CC(C)NC(=O)OC(C)(C)C.Cl.Cl. The quantitative estimate of drug-likeness (QED) is 0.754. The van der Waals surface area contributed by atoms with E-state index in [4.69, 9.17) is 4.74 Å². The zero-order chi connectivity index (χ0) is 9.07. The number of hydrogen-bond donors (Lipinski definition) is 1. The van der Waals surface area contributed by atoms with Crippen molar-refractivity contribution in [2.24, 2.45) is 0 Å². The highest BCUT2D eigenvalue weighted by atomic mass is 35.5. The molecule has 0 saturated carbocycles. The van der Waals surface area contributed by atoms with Gasteiger partial charge < -0.3 is 10.1 Å². The van der Waals surface area contributed by atoms with Gasteiger partial charge in [0.05, 0.1) is 0 Å². The average Bonchev–Trinajstić information content (AvgIpc) is 1.53. The van der Waals surface area contributed by atoms with Gasteiger partial charge in [-0.15, -0.1) is 24.8 Å². The van der Waals surface area contributed by atoms with Crippen LogP contribution in [0.3, 0.4) is 0 Å². The van der Waals surface area contributed by atoms with Gasteiger partial charge in [0.25, 0.3) is 0 Å². The first-order valence-electron chi connectivity index (χ1n) is 3.81. The molecule has 0 saturated heterocycles. The molecule has 0 aliphatic rings. The maximum Gasteiger partial charge on any atom is 0.407 e. The normalized spacial score (nSPS) is 9.69. The summed E-state index contributed by atoms with van der Waals surface area (Å²) in [4.78, 5) is 10.9. The fourth-order valence-corrected chi connectivity index (χ4v) is 0.543. The van der Waals surface area contributed by atoms with Gasteiger partial charge in [0.1, 0.15) is 5.60 Å². The molecule has 0 aliphatic carbocycles. The van der Waals surface area contributed by atoms with E-state index in [9.17, 15) is 4.79 Å². The number of rotatable bonds is 1. The van der Waals surface area contributed by atoms with Crippen molar-refractivity contribution in [3.05, 3.63) is 0 Å². The van der Waals surface area contributed by atoms with Crippen LogP contribution in [0.5, 0.6) is 0 Å². The third-order valence-electron chi connectivity index (χ3n) is 0.805. The summed E-state index contributed by atoms with van der Waals surface area (Å²) in [6, 6.07) is 0.129. The van der Waals surface area contributed by atoms with Crippen LogP contribution in [0.15, 0.2) is 0 Å². The lowest BCUT2D eigenvalue weighted by atomic mass is 10.2. The van der Waals surface area contributed by atoms with Gasteiger partial charge in [-0.3, -0.25) is 0 Å². The van der Waals surface area contributed by atoms with Crippen molar-refractivity contribution in [3.63, 3.8) is 0 Å². The first kappa shape index (κ1) is 18.6. The first-order valence-corrected chi connectivity index (χ1v) is 3.81. The zero-order valence-corrected chi connectivity index (χ0v) is 10.3. The Labute approximate surface area is 92.4 Å². The van der Waals surface area contributed by atoms with Gasteiger partial charge in [-0.1, -0.05) is 0 Å². The van der Waals surface area contributed by atoms with E-state index >= 15 is 0 Å². The van der Waals surface area contributed by atoms with Gasteiger partial charge in [0.15, 0.2) is 0 Å². The van der Waals surface area contributed by atoms with E-state index in [-0.39, 0.29) is 36.9 Å². The van der Waals surface area contributed by atoms with Crippen LogP contribution in [0.2, 0.25) is 0 Å². The summed E-state index contributed by atoms with van der Waals surface area (Å²) in [5.74, 6) is 0. The molecule has 3 nitrogen and oxygen atoms in total. The molecule has 13 heavy (non-hydrogen) atoms. The van der Waals surface area contributed by atoms with Crippen molar-refractivity contribution in [2.75, 3.05) is 0 Å². The van der Waals surface area contributed by atoms with Gasteiger partial charge in [-0.2, -0.15) is 0 Å². The molecule has 1 N–H and O–H groups in total. The molecular formula is C8H19Cl2NO2. The van der Waals surface area contributed by atoms with Crippen molar-refractivity contribution in [1.29, 1.82) is 0 Å². The van der Waals surface area contributed by atoms with E-state index in [0.717, 1.165) is 0 Å². The number of carbonyl (C=O) groups is 1. The minimum Gasteiger partial charge on any atom is -0.444 e. The lowest BCUT2D eigenvalue weighted by Crippen LogP contribution is -2.36. The highest BCUT2D eigenvalue weighted by Gasteiger charge is 2.15. The molecule has 0 aromatic heterocycles. The van der Waals surface area contributed by atoms with Crippen LogP contribution in [0.1, 0.15) is 34.6 Å². The smallest absolute Gasteiger partial charge is 0.407 e. The van der Waals surface area contributed by atoms with Crippen molar-refractivity contribution >= 4 is 30.9 Å². The minimum absolute atomic E-state index is 0. The predicted octanol–water partition coefficient (Wildman–Crippen LogP) is 2.76. The largest absolute Gasteiger partial charge is 0.444 e. The molecule has 0 radical (unpaired) electrons. The summed E-state index contributed by atoms with van der Waals surface area (Å²) >= 11 is 0. The van der Waals surface area contributed by atoms with Crippen LogP contribution in [-0.4, -0.2) is 17.7 Å². The molecule has 0 aromatic rings. The minimum atomic E-state index is -0.404. The van der Waals surface area contributed by atoms with Gasteiger partial charge in [0, 0.05) is 6.04 Å². The predicted molar refractivity (Wildman–Crippen MR) is 59.0 cm³/mol. The summed E-state index contributed by atoms with van der Waals surface area (Å²) < 4.78 is 5.00. The maximum absolute atomic E-state index is 10.9. The summed E-state index contributed by atoms with van der Waals surface area (Å²) in [5.41, 5.74) is -0.404. The van der Waals surface area contributed by atoms with E-state index in [1.54, 1.807) is 0 Å². The third kappa shape index (κ3) is 14.7. The average molecular weight is 232 g/mol. The summed E-state index contributed by atoms with van der Waals surface area (Å²) in [7, 11) is 0. The third-order valence-corrected chi connectivity index (χ3v) is 0.805. The molecule has 0 fully saturated rings. The molecule has 0 atom stereocenters. The van der Waals surface area contributed by atoms with Gasteiger partial charge >= 0.3 is 6.09 Å². The Kier molecular flexibility index (Phi) is 10.4. The Morgan fingerprint density at radius 1 is 1.23 bits per heavy atom. The summed E-state index contributed by atoms with van der Waals surface area (Å²) in [6.07, 6.45) is -0.354. The van der Waals surface area contributed by atoms with Gasteiger partial charge in [-0.05, 0) is 34.6 Å². The molecule has 5 heteroatoms. The van der Waals surface area contributed by atoms with Crippen LogP contribution in [0.4, 0.5) is 4.79 Å². The molecule has 0 unspecified atom stereocenters. The standard InChI is InChI=1S/C8H17NO2.2ClH/c1-6(2)9-7(10)11-8(3,4)5;;/h6H,1-5H3,(H,9,10);2*1H. The molecule has 0 spiro atoms. The summed E-state index contributed by atoms with van der Waals surface area (Å²) in [5, 5.41) is 2.64. The van der Waals surface area contributed by atoms with Crippen LogP contribution < -0.4 is 5.32 Å². The molecule has 82 valence electrons. The molecule has 0 aliphatic heterocycles. The van der Waals surface area contributed by atoms with E-state index in [0.29, 0.717) is 0 Å². The molecule has 0 aromatic carbocycles. The van der Waals surface area contributed by atoms with Crippen LogP contribution >= 0.6 is 24.8 Å². The van der Waals surface area contributed by atoms with Crippen LogP contribution in [0.25, 0.3) is 0 Å². The molecular weight excluding hydrogens is 213 g/mol. The molecule has 1 amide bonds. The molecule has 0 rings (SSSR count). The molecule has 0 bridgehead atoms. The second kappa shape index (κ2) is 7.27. The first-order chi connectivity index (χ1) is 4.81. The number of amides is 1. The second-order valence-corrected chi connectivity index (χ2v) is 3.80. The van der Waals surface area contributed by atoms with E-state index in [2.05, 4.69) is 5.32 Å². The van der Waals surface area contributed by atoms with Crippen molar-refractivity contribution in [2.45, 2.75) is 46.3 Å². The van der Waals surface area contributed by atoms with Crippen molar-refractivity contribution in [3.8, 4) is 0 Å². The van der Waals surface area contributed by atoms with Gasteiger partial charge in [0.2, 0.25) is 0 Å². The van der Waals surface area contributed by atoms with E-state index in [1.165, 1.54) is 0 Å². The fraction of sp³-hybridized carbons (Fsp3) is 0.875. The van der Waals surface area contributed by atoms with Gasteiger partial charge in [-0.25, -0.2) is 4.79 Å². The highest BCUT2D eigenvalue weighted by molar-refractivity contribution is 5.85. The Morgan fingerprint density at radius 3 is 1.85 bits per heavy atom. The Morgan fingerprint density at radius 2 is 1.62 bits per heavy atom. The van der Waals surface area contributed by atoms with Crippen molar-refractivity contribution < 1.29 is 9.53 Å². The Hall–Kier alpha value is -0.150. The number of hydrogen-bond acceptors (Lipinski definition) is 2. The number of carbonyl (C=O) groups excluding carboxylic acids is 1. The van der Waals surface area contributed by atoms with Crippen LogP contribution in [0, 0.1) is 0 Å². The fourth-order valence-electron chi connectivity index (χ4n) is 0.543. The lowest BCUT2D eigenvalue weighted by Gasteiger charge is -2.20. The topological polar surface area (TPSA) is 38.3 Å². The monoisotopic (exact) mass is 231 g/mol. The number of alkyl carbamates (subject to hydrolysis) is 1. The van der Waals surface area contributed by atoms with Crippen LogP contribution in [-0.2, 0) is 4.74 Å². The van der Waals surface area contributed by atoms with E-state index in [1.807, 2.05) is 34.6 Å². The Balaban J connectivity index is -0.000000500. The highest BCUT2D eigenvalue weighted by Crippen LogP contribution is 2.06. The number of halogens is 2. The number of nitrogens with one attached hydrogen (secondary N) is 1. The number of ether oxygens (including phenoxy) is 1. The summed E-state index contributed by atoms with van der Waals surface area (Å²) in [6.45, 7) is 9.31. The second-order valence-electron chi connectivity index (χ2n) is 3.80. The lowest BCUT2D eigenvalue weighted by molar-refractivity contribution is 0.0512. The zero-order valence-electron chi connectivity index (χ0n) is 8.71. The Bertz CT molecular complexity index is 144. The maximum atomic E-state index is 10.9. The van der Waals surface area contributed by atoms with Crippen molar-refractivity contribution in [1.82, 2.24) is 5.32 Å². The molecule has 0 heterocycles.